The number of aryl methyl sites for hydroxylation is 1. The first-order valence-corrected chi connectivity index (χ1v) is 7.16. The van der Waals surface area contributed by atoms with Gasteiger partial charge < -0.3 is 4.42 Å². The molecule has 0 amide bonds. The largest absolute Gasteiger partial charge is 0.465 e. The number of nitrogens with zero attached hydrogens (tertiary/aromatic N) is 1. The van der Waals surface area contributed by atoms with Gasteiger partial charge in [-0.15, -0.1) is 0 Å². The molecule has 0 aliphatic rings. The number of hydrogen-bond acceptors (Lipinski definition) is 4. The topological polar surface area (TPSA) is 83.1 Å². The fraction of sp³-hybridized carbons (Fsp3) is 0.154. The molecule has 0 unspecified atom stereocenters. The minimum Gasteiger partial charge on any atom is -0.465 e. The molecule has 1 heterocycles. The second-order valence-corrected chi connectivity index (χ2v) is 5.80. The van der Waals surface area contributed by atoms with E-state index in [2.05, 4.69) is 4.72 Å². The average Bonchev–Trinajstić information content (AvgIpc) is 2.82. The highest BCUT2D eigenvalue weighted by molar-refractivity contribution is 7.89. The van der Waals surface area contributed by atoms with E-state index in [-0.39, 0.29) is 11.4 Å². The Morgan fingerprint density at radius 3 is 2.70 bits per heavy atom. The number of sulfonamides is 1. The first-order chi connectivity index (χ1) is 9.44. The van der Waals surface area contributed by atoms with E-state index < -0.39 is 21.4 Å². The molecule has 0 spiro atoms. The molecule has 2 aromatic rings. The summed E-state index contributed by atoms with van der Waals surface area (Å²) in [6.45, 7) is 1.66. The highest BCUT2D eigenvalue weighted by Crippen LogP contribution is 2.18. The zero-order valence-corrected chi connectivity index (χ0v) is 11.4. The van der Waals surface area contributed by atoms with Gasteiger partial charge in [0.25, 0.3) is 0 Å². The number of hydrogen-bond donors (Lipinski definition) is 1. The summed E-state index contributed by atoms with van der Waals surface area (Å²) in [5.74, 6) is 0.216. The summed E-state index contributed by atoms with van der Waals surface area (Å²) in [7, 11) is -3.99. The molecular weight excluding hydrogens is 283 g/mol. The Morgan fingerprint density at radius 1 is 1.35 bits per heavy atom. The van der Waals surface area contributed by atoms with Crippen LogP contribution < -0.4 is 4.72 Å². The smallest absolute Gasteiger partial charge is 0.242 e. The lowest BCUT2D eigenvalue weighted by Crippen LogP contribution is -2.24. The molecule has 20 heavy (non-hydrogen) atoms. The lowest BCUT2D eigenvalue weighted by atomic mass is 10.2. The molecule has 7 heteroatoms. The molecule has 0 bridgehead atoms. The third-order valence-electron chi connectivity index (χ3n) is 2.61. The van der Waals surface area contributed by atoms with Crippen molar-refractivity contribution in [3.63, 3.8) is 0 Å². The molecule has 0 radical (unpaired) electrons. The maximum atomic E-state index is 13.4. The van der Waals surface area contributed by atoms with Crippen LogP contribution in [0, 0.1) is 24.1 Å². The van der Waals surface area contributed by atoms with E-state index >= 15 is 0 Å². The van der Waals surface area contributed by atoms with Crippen LogP contribution in [0.4, 0.5) is 4.39 Å². The van der Waals surface area contributed by atoms with Gasteiger partial charge in [-0.1, -0.05) is 6.07 Å². The van der Waals surface area contributed by atoms with Crippen molar-refractivity contribution in [3.8, 4) is 6.07 Å². The van der Waals surface area contributed by atoms with Crippen LogP contribution in [0.2, 0.25) is 0 Å². The van der Waals surface area contributed by atoms with Crippen LogP contribution in [-0.2, 0) is 16.6 Å². The zero-order valence-electron chi connectivity index (χ0n) is 10.6. The van der Waals surface area contributed by atoms with Crippen LogP contribution in [-0.4, -0.2) is 8.42 Å². The lowest BCUT2D eigenvalue weighted by Gasteiger charge is -2.07. The van der Waals surface area contributed by atoms with Gasteiger partial charge in [0.05, 0.1) is 6.54 Å². The summed E-state index contributed by atoms with van der Waals surface area (Å²) in [6, 6.07) is 8.34. The summed E-state index contributed by atoms with van der Waals surface area (Å²) >= 11 is 0. The molecule has 104 valence electrons. The monoisotopic (exact) mass is 294 g/mol. The second kappa shape index (κ2) is 5.45. The van der Waals surface area contributed by atoms with Crippen LogP contribution in [0.3, 0.4) is 0 Å². The standard InChI is InChI=1S/C13H11FN2O3S/c1-9-5-6-10(19-9)8-16-20(17,18)13-4-2-3-12(14)11(13)7-15/h2-6,16H,8H2,1H3. The molecule has 1 aromatic carbocycles. The highest BCUT2D eigenvalue weighted by atomic mass is 32.2. The summed E-state index contributed by atoms with van der Waals surface area (Å²) in [5.41, 5.74) is -0.504. The molecule has 1 N–H and O–H groups in total. The molecule has 0 saturated heterocycles. The highest BCUT2D eigenvalue weighted by Gasteiger charge is 2.21. The number of furan rings is 1. The number of halogens is 1. The number of rotatable bonds is 4. The van der Waals surface area contributed by atoms with E-state index in [1.54, 1.807) is 25.1 Å². The number of benzene rings is 1. The van der Waals surface area contributed by atoms with Gasteiger partial charge in [0.1, 0.15) is 33.9 Å². The molecule has 1 aromatic heterocycles. The van der Waals surface area contributed by atoms with Crippen LogP contribution in [0.25, 0.3) is 0 Å². The molecule has 0 atom stereocenters. The van der Waals surface area contributed by atoms with E-state index in [1.165, 1.54) is 12.1 Å². The van der Waals surface area contributed by atoms with Crippen molar-refractivity contribution in [2.24, 2.45) is 0 Å². The van der Waals surface area contributed by atoms with E-state index in [0.717, 1.165) is 6.07 Å². The maximum absolute atomic E-state index is 13.4. The Kier molecular flexibility index (Phi) is 3.88. The Balaban J connectivity index is 2.27. The average molecular weight is 294 g/mol. The summed E-state index contributed by atoms with van der Waals surface area (Å²) in [5, 5.41) is 8.85. The van der Waals surface area contributed by atoms with Gasteiger partial charge in [-0.05, 0) is 31.2 Å². The Hall–Kier alpha value is -2.17. The van der Waals surface area contributed by atoms with E-state index in [4.69, 9.17) is 9.68 Å². The van der Waals surface area contributed by atoms with Gasteiger partial charge in [0.2, 0.25) is 10.0 Å². The molecular formula is C13H11FN2O3S. The molecule has 0 saturated carbocycles. The Labute approximate surface area is 115 Å². The van der Waals surface area contributed by atoms with Crippen molar-refractivity contribution in [3.05, 3.63) is 53.2 Å². The Bertz CT molecular complexity index is 775. The molecule has 0 aliphatic heterocycles. The summed E-state index contributed by atoms with van der Waals surface area (Å²) in [4.78, 5) is -0.386. The van der Waals surface area contributed by atoms with Crippen LogP contribution in [0.15, 0.2) is 39.6 Å². The molecule has 0 fully saturated rings. The fourth-order valence-electron chi connectivity index (χ4n) is 1.66. The molecule has 0 aliphatic carbocycles. The lowest BCUT2D eigenvalue weighted by molar-refractivity contribution is 0.475. The first-order valence-electron chi connectivity index (χ1n) is 5.67. The van der Waals surface area contributed by atoms with Gasteiger partial charge in [-0.2, -0.15) is 5.26 Å². The maximum Gasteiger partial charge on any atom is 0.242 e. The predicted octanol–water partition coefficient (Wildman–Crippen LogP) is 2.08. The van der Waals surface area contributed by atoms with Gasteiger partial charge in [0, 0.05) is 0 Å². The van der Waals surface area contributed by atoms with Gasteiger partial charge >= 0.3 is 0 Å². The summed E-state index contributed by atoms with van der Waals surface area (Å²) < 4.78 is 45.1. The second-order valence-electron chi connectivity index (χ2n) is 4.06. The SMILES string of the molecule is Cc1ccc(CNS(=O)(=O)c2cccc(F)c2C#N)o1. The van der Waals surface area contributed by atoms with Crippen LogP contribution in [0.1, 0.15) is 17.1 Å². The fourth-order valence-corrected chi connectivity index (χ4v) is 2.82. The quantitative estimate of drug-likeness (QED) is 0.935. The predicted molar refractivity (Wildman–Crippen MR) is 68.6 cm³/mol. The molecule has 2 rings (SSSR count). The van der Waals surface area contributed by atoms with Crippen molar-refractivity contribution < 1.29 is 17.2 Å². The van der Waals surface area contributed by atoms with E-state index in [9.17, 15) is 12.8 Å². The van der Waals surface area contributed by atoms with Crippen molar-refractivity contribution >= 4 is 10.0 Å². The minimum absolute atomic E-state index is 0.0719. The number of nitrogens with one attached hydrogen (secondary N) is 1. The third kappa shape index (κ3) is 2.87. The number of nitriles is 1. The van der Waals surface area contributed by atoms with Crippen LogP contribution in [0.5, 0.6) is 0 Å². The summed E-state index contributed by atoms with van der Waals surface area (Å²) in [6.07, 6.45) is 0. The zero-order chi connectivity index (χ0) is 14.8. The van der Waals surface area contributed by atoms with Crippen molar-refractivity contribution in [2.45, 2.75) is 18.4 Å². The first kappa shape index (κ1) is 14.2. The third-order valence-corrected chi connectivity index (χ3v) is 4.05. The van der Waals surface area contributed by atoms with Crippen LogP contribution >= 0.6 is 0 Å². The van der Waals surface area contributed by atoms with Gasteiger partial charge in [-0.3, -0.25) is 0 Å². The van der Waals surface area contributed by atoms with Gasteiger partial charge in [0.15, 0.2) is 0 Å². The van der Waals surface area contributed by atoms with Crippen molar-refractivity contribution in [1.82, 2.24) is 4.72 Å². The van der Waals surface area contributed by atoms with Crippen molar-refractivity contribution in [1.29, 1.82) is 5.26 Å². The van der Waals surface area contributed by atoms with E-state index in [1.807, 2.05) is 0 Å². The Morgan fingerprint density at radius 2 is 2.10 bits per heavy atom. The molecule has 5 nitrogen and oxygen atoms in total. The van der Waals surface area contributed by atoms with Crippen molar-refractivity contribution in [2.75, 3.05) is 0 Å². The van der Waals surface area contributed by atoms with E-state index in [0.29, 0.717) is 11.5 Å². The minimum atomic E-state index is -3.99. The normalized spacial score (nSPS) is 11.2. The van der Waals surface area contributed by atoms with Gasteiger partial charge in [-0.25, -0.2) is 17.5 Å².